The van der Waals surface area contributed by atoms with E-state index in [1.807, 2.05) is 0 Å². The summed E-state index contributed by atoms with van der Waals surface area (Å²) in [5, 5.41) is 8.89. The monoisotopic (exact) mass is 262 g/mol. The highest BCUT2D eigenvalue weighted by Crippen LogP contribution is 2.22. The molecule has 5 nitrogen and oxygen atoms in total. The highest BCUT2D eigenvalue weighted by Gasteiger charge is 2.23. The topological polar surface area (TPSA) is 70.5 Å². The van der Waals surface area contributed by atoms with E-state index in [4.69, 9.17) is 5.11 Å². The van der Waals surface area contributed by atoms with Gasteiger partial charge in [-0.15, -0.1) is 0 Å². The van der Waals surface area contributed by atoms with E-state index in [9.17, 15) is 9.59 Å². The van der Waals surface area contributed by atoms with E-state index in [2.05, 4.69) is 4.98 Å². The van der Waals surface area contributed by atoms with Gasteiger partial charge in [0.1, 0.15) is 5.69 Å². The molecule has 1 aliphatic rings. The van der Waals surface area contributed by atoms with Crippen molar-refractivity contribution in [2.75, 3.05) is 7.05 Å². The third-order valence-electron chi connectivity index (χ3n) is 3.67. The number of aromatic nitrogens is 1. The molecular formula is C14H18N2O3. The number of aromatic carboxylic acids is 1. The zero-order valence-electron chi connectivity index (χ0n) is 11.0. The summed E-state index contributed by atoms with van der Waals surface area (Å²) in [7, 11) is 1.79. The van der Waals surface area contributed by atoms with Crippen LogP contribution >= 0.6 is 0 Å². The third kappa shape index (κ3) is 3.10. The second-order valence-corrected chi connectivity index (χ2v) is 4.94. The summed E-state index contributed by atoms with van der Waals surface area (Å²) < 4.78 is 0. The third-order valence-corrected chi connectivity index (χ3v) is 3.67. The van der Waals surface area contributed by atoms with Gasteiger partial charge in [0.2, 0.25) is 0 Å². The quantitative estimate of drug-likeness (QED) is 0.906. The Labute approximate surface area is 112 Å². The van der Waals surface area contributed by atoms with Crippen LogP contribution in [-0.2, 0) is 0 Å². The van der Waals surface area contributed by atoms with E-state index in [-0.39, 0.29) is 17.6 Å². The number of hydrogen-bond donors (Lipinski definition) is 1. The van der Waals surface area contributed by atoms with Crippen molar-refractivity contribution in [3.05, 3.63) is 29.6 Å². The fraction of sp³-hybridized carbons (Fsp3) is 0.500. The fourth-order valence-corrected chi connectivity index (χ4v) is 2.52. The fourth-order valence-electron chi connectivity index (χ4n) is 2.52. The molecule has 5 heteroatoms. The molecule has 1 aliphatic carbocycles. The molecule has 1 heterocycles. The molecule has 0 aromatic carbocycles. The van der Waals surface area contributed by atoms with Crippen LogP contribution < -0.4 is 0 Å². The first-order valence-corrected chi connectivity index (χ1v) is 6.56. The van der Waals surface area contributed by atoms with Crippen LogP contribution in [0.1, 0.15) is 53.0 Å². The number of nitrogens with zero attached hydrogens (tertiary/aromatic N) is 2. The van der Waals surface area contributed by atoms with Gasteiger partial charge in [0, 0.05) is 24.8 Å². The Morgan fingerprint density at radius 3 is 2.63 bits per heavy atom. The van der Waals surface area contributed by atoms with Gasteiger partial charge in [-0.05, 0) is 25.0 Å². The number of amides is 1. The van der Waals surface area contributed by atoms with Gasteiger partial charge in [0.15, 0.2) is 0 Å². The van der Waals surface area contributed by atoms with E-state index in [0.29, 0.717) is 5.56 Å². The summed E-state index contributed by atoms with van der Waals surface area (Å²) in [6.07, 6.45) is 6.96. The second-order valence-electron chi connectivity index (χ2n) is 4.94. The first-order valence-electron chi connectivity index (χ1n) is 6.56. The molecule has 0 radical (unpaired) electrons. The van der Waals surface area contributed by atoms with Crippen LogP contribution in [-0.4, -0.2) is 40.0 Å². The maximum atomic E-state index is 12.3. The summed E-state index contributed by atoms with van der Waals surface area (Å²) in [6, 6.07) is 3.17. The Kier molecular flexibility index (Phi) is 4.14. The molecular weight excluding hydrogens is 244 g/mol. The van der Waals surface area contributed by atoms with Crippen LogP contribution in [0.3, 0.4) is 0 Å². The summed E-state index contributed by atoms with van der Waals surface area (Å²) in [5.74, 6) is -1.24. The summed E-state index contributed by atoms with van der Waals surface area (Å²) in [5.41, 5.74) is 0.295. The average Bonchev–Trinajstić information content (AvgIpc) is 2.46. The van der Waals surface area contributed by atoms with Gasteiger partial charge in [0.05, 0.1) is 0 Å². The van der Waals surface area contributed by atoms with Crippen molar-refractivity contribution in [2.45, 2.75) is 38.1 Å². The molecule has 19 heavy (non-hydrogen) atoms. The normalized spacial score (nSPS) is 16.1. The van der Waals surface area contributed by atoms with Crippen LogP contribution in [0.5, 0.6) is 0 Å². The molecule has 1 N–H and O–H groups in total. The van der Waals surface area contributed by atoms with Gasteiger partial charge in [-0.3, -0.25) is 4.79 Å². The zero-order chi connectivity index (χ0) is 13.8. The van der Waals surface area contributed by atoms with E-state index in [1.165, 1.54) is 18.7 Å². The average molecular weight is 262 g/mol. The number of hydrogen-bond acceptors (Lipinski definition) is 3. The van der Waals surface area contributed by atoms with E-state index in [0.717, 1.165) is 25.7 Å². The van der Waals surface area contributed by atoms with Crippen LogP contribution in [0.25, 0.3) is 0 Å². The Bertz CT molecular complexity index is 481. The summed E-state index contributed by atoms with van der Waals surface area (Å²) >= 11 is 0. The minimum Gasteiger partial charge on any atom is -0.477 e. The molecule has 2 rings (SSSR count). The lowest BCUT2D eigenvalue weighted by Gasteiger charge is -2.31. The molecule has 1 aromatic heterocycles. The van der Waals surface area contributed by atoms with Crippen LogP contribution in [0.2, 0.25) is 0 Å². The molecule has 1 aromatic rings. The van der Waals surface area contributed by atoms with Gasteiger partial charge < -0.3 is 10.0 Å². The number of carboxylic acids is 1. The van der Waals surface area contributed by atoms with Gasteiger partial charge in [-0.2, -0.15) is 0 Å². The first kappa shape index (κ1) is 13.5. The largest absolute Gasteiger partial charge is 0.477 e. The van der Waals surface area contributed by atoms with E-state index in [1.54, 1.807) is 18.0 Å². The van der Waals surface area contributed by atoms with Crippen molar-refractivity contribution in [2.24, 2.45) is 0 Å². The molecule has 1 saturated carbocycles. The highest BCUT2D eigenvalue weighted by molar-refractivity contribution is 5.96. The lowest BCUT2D eigenvalue weighted by atomic mass is 9.94. The number of rotatable bonds is 3. The zero-order valence-corrected chi connectivity index (χ0v) is 11.0. The summed E-state index contributed by atoms with van der Waals surface area (Å²) in [4.78, 5) is 28.6. The Morgan fingerprint density at radius 2 is 2.00 bits per heavy atom. The van der Waals surface area contributed by atoms with Crippen molar-refractivity contribution in [3.8, 4) is 0 Å². The van der Waals surface area contributed by atoms with E-state index < -0.39 is 5.97 Å². The minimum atomic E-state index is -1.12. The first-order chi connectivity index (χ1) is 9.09. The van der Waals surface area contributed by atoms with Gasteiger partial charge in [-0.1, -0.05) is 19.3 Å². The van der Waals surface area contributed by atoms with Gasteiger partial charge >= 0.3 is 5.97 Å². The molecule has 0 aliphatic heterocycles. The lowest BCUT2D eigenvalue weighted by molar-refractivity contribution is 0.0690. The molecule has 0 bridgehead atoms. The predicted octanol–water partition coefficient (Wildman–Crippen LogP) is 2.18. The second kappa shape index (κ2) is 5.82. The lowest BCUT2D eigenvalue weighted by Crippen LogP contribution is -2.38. The Morgan fingerprint density at radius 1 is 1.32 bits per heavy atom. The number of carboxylic acid groups (broad SMARTS) is 1. The molecule has 0 saturated heterocycles. The van der Waals surface area contributed by atoms with E-state index >= 15 is 0 Å². The number of carbonyl (C=O) groups excluding carboxylic acids is 1. The smallest absolute Gasteiger partial charge is 0.354 e. The van der Waals surface area contributed by atoms with Crippen LogP contribution in [0.4, 0.5) is 0 Å². The molecule has 102 valence electrons. The van der Waals surface area contributed by atoms with Crippen molar-refractivity contribution in [3.63, 3.8) is 0 Å². The maximum absolute atomic E-state index is 12.3. The maximum Gasteiger partial charge on any atom is 0.354 e. The van der Waals surface area contributed by atoms with Crippen molar-refractivity contribution < 1.29 is 14.7 Å². The molecule has 0 spiro atoms. The Balaban J connectivity index is 2.14. The van der Waals surface area contributed by atoms with Crippen molar-refractivity contribution in [1.29, 1.82) is 0 Å². The minimum absolute atomic E-state index is 0.0945. The van der Waals surface area contributed by atoms with Crippen LogP contribution in [0.15, 0.2) is 18.3 Å². The number of pyridine rings is 1. The number of carbonyl (C=O) groups is 2. The predicted molar refractivity (Wildman–Crippen MR) is 70.2 cm³/mol. The van der Waals surface area contributed by atoms with Crippen LogP contribution in [0, 0.1) is 0 Å². The van der Waals surface area contributed by atoms with Gasteiger partial charge in [0.25, 0.3) is 5.91 Å². The molecule has 1 fully saturated rings. The SMILES string of the molecule is CN(C(=O)c1ccnc(C(=O)O)c1)C1CCCCC1. The van der Waals surface area contributed by atoms with Crippen molar-refractivity contribution >= 4 is 11.9 Å². The molecule has 0 unspecified atom stereocenters. The standard InChI is InChI=1S/C14H18N2O3/c1-16(11-5-3-2-4-6-11)13(17)10-7-8-15-12(9-10)14(18)19/h7-9,11H,2-6H2,1H3,(H,18,19). The highest BCUT2D eigenvalue weighted by atomic mass is 16.4. The molecule has 1 amide bonds. The van der Waals surface area contributed by atoms with Crippen molar-refractivity contribution in [1.82, 2.24) is 9.88 Å². The molecule has 0 atom stereocenters. The Hall–Kier alpha value is -1.91. The summed E-state index contributed by atoms with van der Waals surface area (Å²) in [6.45, 7) is 0. The van der Waals surface area contributed by atoms with Gasteiger partial charge in [-0.25, -0.2) is 9.78 Å².